The van der Waals surface area contributed by atoms with E-state index in [0.717, 1.165) is 23.5 Å². The van der Waals surface area contributed by atoms with E-state index in [1.165, 1.54) is 0 Å². The third-order valence-corrected chi connectivity index (χ3v) is 5.21. The maximum atomic E-state index is 12.7. The van der Waals surface area contributed by atoms with E-state index in [2.05, 4.69) is 15.5 Å². The average Bonchev–Trinajstić information content (AvgIpc) is 3.15. The molecule has 0 aliphatic carbocycles. The lowest BCUT2D eigenvalue weighted by atomic mass is 9.95. The van der Waals surface area contributed by atoms with Gasteiger partial charge in [0.25, 0.3) is 5.91 Å². The van der Waals surface area contributed by atoms with Crippen molar-refractivity contribution in [3.63, 3.8) is 0 Å². The number of amides is 2. The van der Waals surface area contributed by atoms with Crippen molar-refractivity contribution in [3.05, 3.63) is 47.5 Å². The summed E-state index contributed by atoms with van der Waals surface area (Å²) in [6.07, 6.45) is 3.78. The van der Waals surface area contributed by atoms with Crippen molar-refractivity contribution in [1.82, 2.24) is 25.0 Å². The largest absolute Gasteiger partial charge is 0.355 e. The first kappa shape index (κ1) is 19.1. The van der Waals surface area contributed by atoms with Crippen LogP contribution in [0.25, 0.3) is 0 Å². The molecule has 7 nitrogen and oxygen atoms in total. The van der Waals surface area contributed by atoms with Crippen molar-refractivity contribution >= 4 is 11.8 Å². The molecule has 0 unspecified atom stereocenters. The quantitative estimate of drug-likeness (QED) is 0.842. The lowest BCUT2D eigenvalue weighted by Gasteiger charge is -2.31. The molecule has 1 aliphatic heterocycles. The van der Waals surface area contributed by atoms with Crippen molar-refractivity contribution < 1.29 is 9.59 Å². The fraction of sp³-hybridized carbons (Fsp3) is 0.500. The monoisotopic (exact) mass is 369 g/mol. The highest BCUT2D eigenvalue weighted by molar-refractivity contribution is 5.95. The number of aryl methyl sites for hydroxylation is 2. The lowest BCUT2D eigenvalue weighted by Crippen LogP contribution is -2.43. The first-order chi connectivity index (χ1) is 13.1. The highest BCUT2D eigenvalue weighted by Crippen LogP contribution is 2.20. The van der Waals surface area contributed by atoms with Crippen LogP contribution < -0.4 is 5.32 Å². The number of carbonyl (C=O) groups excluding carboxylic acids is 2. The highest BCUT2D eigenvalue weighted by atomic mass is 16.2. The molecule has 3 rings (SSSR count). The summed E-state index contributed by atoms with van der Waals surface area (Å²) in [6, 6.07) is 7.64. The van der Waals surface area contributed by atoms with Gasteiger partial charge in [-0.15, -0.1) is 10.2 Å². The van der Waals surface area contributed by atoms with Gasteiger partial charge < -0.3 is 14.8 Å². The Kier molecular flexibility index (Phi) is 6.21. The lowest BCUT2D eigenvalue weighted by molar-refractivity contribution is -0.126. The Hall–Kier alpha value is -2.70. The standard InChI is InChI=1S/C20H27N5O2/c1-3-24-14-22-23-18(24)8-11-21-19(26)16-9-12-25(13-10-16)20(27)17-7-5-4-6-15(17)2/h4-7,14,16H,3,8-13H2,1-2H3,(H,21,26). The average molecular weight is 369 g/mol. The second-order valence-corrected chi connectivity index (χ2v) is 6.96. The molecule has 0 bridgehead atoms. The molecule has 2 amide bonds. The van der Waals surface area contributed by atoms with Crippen LogP contribution in [0.2, 0.25) is 0 Å². The zero-order valence-electron chi connectivity index (χ0n) is 16.0. The number of aromatic nitrogens is 3. The number of likely N-dealkylation sites (tertiary alicyclic amines) is 1. The number of benzene rings is 1. The van der Waals surface area contributed by atoms with Crippen LogP contribution in [-0.4, -0.2) is 51.1 Å². The maximum absolute atomic E-state index is 12.7. The molecule has 0 spiro atoms. The molecular formula is C20H27N5O2. The number of hydrogen-bond acceptors (Lipinski definition) is 4. The molecule has 1 fully saturated rings. The summed E-state index contributed by atoms with van der Waals surface area (Å²) in [5.41, 5.74) is 1.74. The summed E-state index contributed by atoms with van der Waals surface area (Å²) in [7, 11) is 0. The molecule has 2 heterocycles. The van der Waals surface area contributed by atoms with Crippen LogP contribution in [0, 0.1) is 12.8 Å². The summed E-state index contributed by atoms with van der Waals surface area (Å²) in [5, 5.41) is 11.0. The van der Waals surface area contributed by atoms with Crippen molar-refractivity contribution in [2.24, 2.45) is 5.92 Å². The van der Waals surface area contributed by atoms with Gasteiger partial charge >= 0.3 is 0 Å². The third kappa shape index (κ3) is 4.53. The van der Waals surface area contributed by atoms with E-state index < -0.39 is 0 Å². The Labute approximate surface area is 159 Å². The zero-order chi connectivity index (χ0) is 19.2. The topological polar surface area (TPSA) is 80.1 Å². The number of piperidine rings is 1. The van der Waals surface area contributed by atoms with Crippen LogP contribution in [0.15, 0.2) is 30.6 Å². The highest BCUT2D eigenvalue weighted by Gasteiger charge is 2.28. The molecule has 0 radical (unpaired) electrons. The van der Waals surface area contributed by atoms with Crippen LogP contribution in [0.5, 0.6) is 0 Å². The minimum absolute atomic E-state index is 0.0324. The second kappa shape index (κ2) is 8.79. The molecule has 7 heteroatoms. The molecule has 1 aromatic heterocycles. The van der Waals surface area contributed by atoms with Gasteiger partial charge in [0.15, 0.2) is 0 Å². The zero-order valence-corrected chi connectivity index (χ0v) is 16.0. The number of carbonyl (C=O) groups is 2. The van der Waals surface area contributed by atoms with Gasteiger partial charge in [-0.25, -0.2) is 0 Å². The van der Waals surface area contributed by atoms with Gasteiger partial charge in [-0.3, -0.25) is 9.59 Å². The minimum atomic E-state index is -0.0324. The molecular weight excluding hydrogens is 342 g/mol. The van der Waals surface area contributed by atoms with Gasteiger partial charge in [0, 0.05) is 44.1 Å². The third-order valence-electron chi connectivity index (χ3n) is 5.21. The molecule has 1 aromatic carbocycles. The molecule has 1 N–H and O–H groups in total. The van der Waals surface area contributed by atoms with Crippen LogP contribution in [0.4, 0.5) is 0 Å². The molecule has 1 aliphatic rings. The van der Waals surface area contributed by atoms with Gasteiger partial charge in [0.1, 0.15) is 12.2 Å². The summed E-state index contributed by atoms with van der Waals surface area (Å²) >= 11 is 0. The summed E-state index contributed by atoms with van der Waals surface area (Å²) in [5.74, 6) is 0.984. The first-order valence-corrected chi connectivity index (χ1v) is 9.59. The molecule has 27 heavy (non-hydrogen) atoms. The fourth-order valence-corrected chi connectivity index (χ4v) is 3.51. The summed E-state index contributed by atoms with van der Waals surface area (Å²) < 4.78 is 1.97. The maximum Gasteiger partial charge on any atom is 0.254 e. The first-order valence-electron chi connectivity index (χ1n) is 9.59. The van der Waals surface area contributed by atoms with E-state index in [4.69, 9.17) is 0 Å². The number of hydrogen-bond donors (Lipinski definition) is 1. The van der Waals surface area contributed by atoms with Gasteiger partial charge in [0.2, 0.25) is 5.91 Å². The second-order valence-electron chi connectivity index (χ2n) is 6.96. The molecule has 2 aromatic rings. The fourth-order valence-electron chi connectivity index (χ4n) is 3.51. The van der Waals surface area contributed by atoms with Crippen molar-refractivity contribution in [2.75, 3.05) is 19.6 Å². The van der Waals surface area contributed by atoms with Gasteiger partial charge in [-0.2, -0.15) is 0 Å². The van der Waals surface area contributed by atoms with E-state index in [9.17, 15) is 9.59 Å². The number of nitrogens with one attached hydrogen (secondary N) is 1. The van der Waals surface area contributed by atoms with Gasteiger partial charge in [0.05, 0.1) is 0 Å². The Balaban J connectivity index is 1.45. The van der Waals surface area contributed by atoms with Crippen LogP contribution in [0.3, 0.4) is 0 Å². The Morgan fingerprint density at radius 3 is 2.67 bits per heavy atom. The molecule has 0 saturated carbocycles. The Morgan fingerprint density at radius 1 is 1.22 bits per heavy atom. The van der Waals surface area contributed by atoms with E-state index in [0.29, 0.717) is 38.9 Å². The summed E-state index contributed by atoms with van der Waals surface area (Å²) in [4.78, 5) is 27.0. The SMILES string of the molecule is CCn1cnnc1CCNC(=O)C1CCN(C(=O)c2ccccc2C)CC1. The summed E-state index contributed by atoms with van der Waals surface area (Å²) in [6.45, 7) is 6.61. The smallest absolute Gasteiger partial charge is 0.254 e. The Bertz CT molecular complexity index is 793. The van der Waals surface area contributed by atoms with Crippen molar-refractivity contribution in [3.8, 4) is 0 Å². The molecule has 0 atom stereocenters. The van der Waals surface area contributed by atoms with Crippen molar-refractivity contribution in [1.29, 1.82) is 0 Å². The van der Waals surface area contributed by atoms with E-state index in [1.54, 1.807) is 6.33 Å². The predicted octanol–water partition coefficient (Wildman–Crippen LogP) is 1.82. The minimum Gasteiger partial charge on any atom is -0.355 e. The van der Waals surface area contributed by atoms with Crippen LogP contribution in [0.1, 0.15) is 41.5 Å². The Morgan fingerprint density at radius 2 is 1.96 bits per heavy atom. The van der Waals surface area contributed by atoms with E-state index in [-0.39, 0.29) is 17.7 Å². The normalized spacial score (nSPS) is 15.0. The molecule has 144 valence electrons. The van der Waals surface area contributed by atoms with Gasteiger partial charge in [-0.05, 0) is 38.3 Å². The predicted molar refractivity (Wildman–Crippen MR) is 102 cm³/mol. The number of nitrogens with zero attached hydrogens (tertiary/aromatic N) is 4. The van der Waals surface area contributed by atoms with Crippen LogP contribution in [-0.2, 0) is 17.8 Å². The van der Waals surface area contributed by atoms with Gasteiger partial charge in [-0.1, -0.05) is 18.2 Å². The molecule has 1 saturated heterocycles. The van der Waals surface area contributed by atoms with Crippen molar-refractivity contribution in [2.45, 2.75) is 39.7 Å². The van der Waals surface area contributed by atoms with E-state index >= 15 is 0 Å². The van der Waals surface area contributed by atoms with Crippen LogP contribution >= 0.6 is 0 Å². The number of rotatable bonds is 6. The van der Waals surface area contributed by atoms with E-state index in [1.807, 2.05) is 47.6 Å².